The van der Waals surface area contributed by atoms with Crippen LogP contribution in [-0.2, 0) is 9.53 Å². The number of hydrogen-bond acceptors (Lipinski definition) is 6. The van der Waals surface area contributed by atoms with Crippen LogP contribution in [0.2, 0.25) is 0 Å². The van der Waals surface area contributed by atoms with Gasteiger partial charge >= 0.3 is 0 Å². The third-order valence-electron chi connectivity index (χ3n) is 2.27. The van der Waals surface area contributed by atoms with Gasteiger partial charge in [-0.05, 0) is 0 Å². The van der Waals surface area contributed by atoms with E-state index in [0.717, 1.165) is 0 Å². The molecule has 88 valence electrons. The standard InChI is InChI=1S/C8H15NO6/c1-3(11)9-5-7(13)6(12)4(2-10)15-8(5)14/h4-8,10,12-14H,2H2,1H3,(H,9,11)/t4-,5+,6-,7-,8+/m0/s1. The van der Waals surface area contributed by atoms with Gasteiger partial charge in [0.15, 0.2) is 6.29 Å². The average molecular weight is 221 g/mol. The SMILES string of the molecule is CC(=O)N[C@@H]1[C@H](O)[C@@H](O)[C@H](CO)O[C@H]1O. The van der Waals surface area contributed by atoms with E-state index in [2.05, 4.69) is 5.32 Å². The molecule has 1 fully saturated rings. The zero-order valence-corrected chi connectivity index (χ0v) is 8.20. The highest BCUT2D eigenvalue weighted by Crippen LogP contribution is 2.19. The van der Waals surface area contributed by atoms with Crippen molar-refractivity contribution in [1.82, 2.24) is 5.32 Å². The van der Waals surface area contributed by atoms with Crippen LogP contribution >= 0.6 is 0 Å². The van der Waals surface area contributed by atoms with Gasteiger partial charge in [-0.1, -0.05) is 0 Å². The van der Waals surface area contributed by atoms with Crippen LogP contribution in [0.15, 0.2) is 0 Å². The van der Waals surface area contributed by atoms with Crippen LogP contribution in [0.4, 0.5) is 0 Å². The van der Waals surface area contributed by atoms with Gasteiger partial charge in [0.25, 0.3) is 0 Å². The molecule has 0 radical (unpaired) electrons. The molecule has 7 heteroatoms. The van der Waals surface area contributed by atoms with Gasteiger partial charge in [-0.3, -0.25) is 4.79 Å². The van der Waals surface area contributed by atoms with Crippen molar-refractivity contribution < 1.29 is 30.0 Å². The van der Waals surface area contributed by atoms with Crippen LogP contribution in [0, 0.1) is 0 Å². The Morgan fingerprint density at radius 2 is 1.93 bits per heavy atom. The number of aliphatic hydroxyl groups is 4. The molecule has 0 aliphatic carbocycles. The highest BCUT2D eigenvalue weighted by molar-refractivity contribution is 5.73. The first-order chi connectivity index (χ1) is 6.97. The zero-order chi connectivity index (χ0) is 11.6. The van der Waals surface area contributed by atoms with Crippen LogP contribution in [0.1, 0.15) is 6.92 Å². The summed E-state index contributed by atoms with van der Waals surface area (Å²) < 4.78 is 4.81. The summed E-state index contributed by atoms with van der Waals surface area (Å²) >= 11 is 0. The van der Waals surface area contributed by atoms with Gasteiger partial charge in [0.2, 0.25) is 5.91 Å². The fourth-order valence-electron chi connectivity index (χ4n) is 1.49. The minimum atomic E-state index is -1.45. The summed E-state index contributed by atoms with van der Waals surface area (Å²) in [7, 11) is 0. The Balaban J connectivity index is 2.70. The number of aliphatic hydroxyl groups excluding tert-OH is 4. The van der Waals surface area contributed by atoms with Crippen molar-refractivity contribution in [1.29, 1.82) is 0 Å². The molecule has 1 rings (SSSR count). The van der Waals surface area contributed by atoms with E-state index >= 15 is 0 Å². The van der Waals surface area contributed by atoms with Gasteiger partial charge in [0, 0.05) is 6.92 Å². The van der Waals surface area contributed by atoms with Crippen LogP contribution in [0.25, 0.3) is 0 Å². The molecule has 15 heavy (non-hydrogen) atoms. The van der Waals surface area contributed by atoms with Gasteiger partial charge in [0.1, 0.15) is 24.4 Å². The molecule has 7 nitrogen and oxygen atoms in total. The molecule has 0 aromatic carbocycles. The Morgan fingerprint density at radius 1 is 1.33 bits per heavy atom. The molecule has 0 unspecified atom stereocenters. The van der Waals surface area contributed by atoms with E-state index in [1.54, 1.807) is 0 Å². The van der Waals surface area contributed by atoms with Gasteiger partial charge in [-0.15, -0.1) is 0 Å². The van der Waals surface area contributed by atoms with E-state index < -0.39 is 43.2 Å². The second-order valence-electron chi connectivity index (χ2n) is 3.46. The van der Waals surface area contributed by atoms with Crippen molar-refractivity contribution in [3.05, 3.63) is 0 Å². The third-order valence-corrected chi connectivity index (χ3v) is 2.27. The largest absolute Gasteiger partial charge is 0.394 e. The van der Waals surface area contributed by atoms with Crippen molar-refractivity contribution >= 4 is 5.91 Å². The molecule has 1 heterocycles. The summed E-state index contributed by atoms with van der Waals surface area (Å²) in [4.78, 5) is 10.7. The summed E-state index contributed by atoms with van der Waals surface area (Å²) in [6.07, 6.45) is -5.24. The monoisotopic (exact) mass is 221 g/mol. The highest BCUT2D eigenvalue weighted by Gasteiger charge is 2.43. The normalized spacial score (nSPS) is 41.3. The maximum absolute atomic E-state index is 10.7. The van der Waals surface area contributed by atoms with Crippen molar-refractivity contribution in [3.8, 4) is 0 Å². The molecule has 0 aromatic rings. The molecular weight excluding hydrogens is 206 g/mol. The molecule has 0 saturated carbocycles. The Bertz CT molecular complexity index is 235. The second kappa shape index (κ2) is 4.86. The number of ether oxygens (including phenoxy) is 1. The molecule has 1 aliphatic heterocycles. The van der Waals surface area contributed by atoms with Crippen molar-refractivity contribution in [2.75, 3.05) is 6.61 Å². The maximum atomic E-state index is 10.7. The summed E-state index contributed by atoms with van der Waals surface area (Å²) in [5.74, 6) is -0.462. The lowest BCUT2D eigenvalue weighted by Gasteiger charge is -2.40. The van der Waals surface area contributed by atoms with Gasteiger partial charge in [0.05, 0.1) is 6.61 Å². The Morgan fingerprint density at radius 3 is 2.40 bits per heavy atom. The number of carbonyl (C=O) groups is 1. The molecule has 5 N–H and O–H groups in total. The number of rotatable bonds is 2. The van der Waals surface area contributed by atoms with Crippen LogP contribution in [-0.4, -0.2) is 63.6 Å². The molecule has 1 amide bonds. The molecule has 0 spiro atoms. The molecule has 5 atom stereocenters. The zero-order valence-electron chi connectivity index (χ0n) is 8.20. The van der Waals surface area contributed by atoms with Gasteiger partial charge in [-0.25, -0.2) is 0 Å². The molecule has 1 saturated heterocycles. The second-order valence-corrected chi connectivity index (χ2v) is 3.46. The number of carbonyl (C=O) groups excluding carboxylic acids is 1. The van der Waals surface area contributed by atoms with Crippen LogP contribution < -0.4 is 5.32 Å². The Hall–Kier alpha value is -0.730. The molecular formula is C8H15NO6. The lowest BCUT2D eigenvalue weighted by atomic mass is 9.97. The maximum Gasteiger partial charge on any atom is 0.217 e. The highest BCUT2D eigenvalue weighted by atomic mass is 16.6. The van der Waals surface area contributed by atoms with E-state index in [-0.39, 0.29) is 0 Å². The third kappa shape index (κ3) is 2.64. The first-order valence-electron chi connectivity index (χ1n) is 4.55. The van der Waals surface area contributed by atoms with Gasteiger partial charge < -0.3 is 30.5 Å². The summed E-state index contributed by atoms with van der Waals surface area (Å²) in [6.45, 7) is 0.687. The molecule has 0 bridgehead atoms. The smallest absolute Gasteiger partial charge is 0.217 e. The quantitative estimate of drug-likeness (QED) is 0.337. The predicted octanol–water partition coefficient (Wildman–Crippen LogP) is -3.08. The minimum absolute atomic E-state index is 0.462. The van der Waals surface area contributed by atoms with E-state index in [1.165, 1.54) is 6.92 Å². The predicted molar refractivity (Wildman–Crippen MR) is 47.6 cm³/mol. The van der Waals surface area contributed by atoms with Crippen LogP contribution in [0.5, 0.6) is 0 Å². The summed E-state index contributed by atoms with van der Waals surface area (Å²) in [5, 5.41) is 39.4. The fourth-order valence-corrected chi connectivity index (χ4v) is 1.49. The number of amides is 1. The minimum Gasteiger partial charge on any atom is -0.394 e. The topological polar surface area (TPSA) is 119 Å². The first kappa shape index (κ1) is 12.3. The fraction of sp³-hybridized carbons (Fsp3) is 0.875. The van der Waals surface area contributed by atoms with E-state index in [1.807, 2.05) is 0 Å². The first-order valence-corrected chi connectivity index (χ1v) is 4.55. The van der Waals surface area contributed by atoms with E-state index in [0.29, 0.717) is 0 Å². The Labute approximate surface area is 86.3 Å². The average Bonchev–Trinajstić information content (AvgIpc) is 2.18. The Kier molecular flexibility index (Phi) is 4.00. The lowest BCUT2D eigenvalue weighted by molar-refractivity contribution is -0.253. The summed E-state index contributed by atoms with van der Waals surface area (Å²) in [5.41, 5.74) is 0. The summed E-state index contributed by atoms with van der Waals surface area (Å²) in [6, 6.07) is -1.10. The number of nitrogens with one attached hydrogen (secondary N) is 1. The van der Waals surface area contributed by atoms with E-state index in [4.69, 9.17) is 9.84 Å². The molecule has 1 aliphatic rings. The van der Waals surface area contributed by atoms with Crippen molar-refractivity contribution in [3.63, 3.8) is 0 Å². The van der Waals surface area contributed by atoms with Gasteiger partial charge in [-0.2, -0.15) is 0 Å². The van der Waals surface area contributed by atoms with Crippen molar-refractivity contribution in [2.24, 2.45) is 0 Å². The number of hydrogen-bond donors (Lipinski definition) is 5. The van der Waals surface area contributed by atoms with Crippen molar-refractivity contribution in [2.45, 2.75) is 37.6 Å². The lowest BCUT2D eigenvalue weighted by Crippen LogP contribution is -2.63. The van der Waals surface area contributed by atoms with E-state index in [9.17, 15) is 20.1 Å². The molecule has 0 aromatic heterocycles. The van der Waals surface area contributed by atoms with Crippen LogP contribution in [0.3, 0.4) is 0 Å².